The third-order valence-electron chi connectivity index (χ3n) is 4.47. The fourth-order valence-electron chi connectivity index (χ4n) is 3.13. The van der Waals surface area contributed by atoms with Gasteiger partial charge in [0.15, 0.2) is 0 Å². The van der Waals surface area contributed by atoms with Crippen molar-refractivity contribution < 1.29 is 9.53 Å². The van der Waals surface area contributed by atoms with E-state index in [1.54, 1.807) is 12.1 Å². The zero-order valence-corrected chi connectivity index (χ0v) is 15.1. The van der Waals surface area contributed by atoms with Gasteiger partial charge in [-0.1, -0.05) is 42.5 Å². The molecule has 3 aromatic rings. The van der Waals surface area contributed by atoms with Gasteiger partial charge in [0.2, 0.25) is 0 Å². The molecule has 1 atom stereocenters. The van der Waals surface area contributed by atoms with Crippen molar-refractivity contribution in [3.8, 4) is 5.75 Å². The van der Waals surface area contributed by atoms with Crippen molar-refractivity contribution in [2.45, 2.75) is 12.5 Å². The van der Waals surface area contributed by atoms with Crippen LogP contribution >= 0.6 is 11.3 Å². The monoisotopic (exact) mass is 362 g/mol. The first-order valence-electron chi connectivity index (χ1n) is 8.39. The van der Waals surface area contributed by atoms with E-state index in [-0.39, 0.29) is 11.9 Å². The molecule has 5 heteroatoms. The molecular weight excluding hydrogens is 344 g/mol. The summed E-state index contributed by atoms with van der Waals surface area (Å²) in [5.41, 5.74) is 3.62. The van der Waals surface area contributed by atoms with Gasteiger partial charge in [-0.15, -0.1) is 0 Å². The third-order valence-corrected chi connectivity index (χ3v) is 5.16. The average molecular weight is 362 g/mol. The van der Waals surface area contributed by atoms with E-state index >= 15 is 0 Å². The summed E-state index contributed by atoms with van der Waals surface area (Å²) in [7, 11) is 1.65. The molecule has 0 spiro atoms. The van der Waals surface area contributed by atoms with Crippen LogP contribution in [-0.2, 0) is 0 Å². The van der Waals surface area contributed by atoms with Gasteiger partial charge in [0.05, 0.1) is 24.4 Å². The van der Waals surface area contributed by atoms with E-state index in [1.807, 2.05) is 71.4 Å². The van der Waals surface area contributed by atoms with Gasteiger partial charge in [0.25, 0.3) is 5.91 Å². The maximum atomic E-state index is 13.0. The number of hydrazone groups is 1. The molecule has 4 nitrogen and oxygen atoms in total. The standard InChI is InChI=1S/C21H18N2O2S/c1-25-18-9-5-8-16(12-18)19-13-20(15-6-3-2-4-7-15)23(22-19)21(24)17-10-11-26-14-17/h2-12,14,20H,13H2,1H3. The highest BCUT2D eigenvalue weighted by Crippen LogP contribution is 2.34. The minimum Gasteiger partial charge on any atom is -0.497 e. The summed E-state index contributed by atoms with van der Waals surface area (Å²) in [4.78, 5) is 13.0. The normalized spacial score (nSPS) is 16.4. The summed E-state index contributed by atoms with van der Waals surface area (Å²) in [6.45, 7) is 0. The summed E-state index contributed by atoms with van der Waals surface area (Å²) in [5.74, 6) is 0.710. The highest BCUT2D eigenvalue weighted by molar-refractivity contribution is 7.08. The van der Waals surface area contributed by atoms with Gasteiger partial charge in [-0.25, -0.2) is 5.01 Å². The number of ether oxygens (including phenoxy) is 1. The second kappa shape index (κ2) is 7.14. The highest BCUT2D eigenvalue weighted by atomic mass is 32.1. The molecule has 1 amide bonds. The Kier molecular flexibility index (Phi) is 4.54. The molecule has 1 unspecified atom stereocenters. The third kappa shape index (κ3) is 3.13. The van der Waals surface area contributed by atoms with Crippen LogP contribution in [0.3, 0.4) is 0 Å². The van der Waals surface area contributed by atoms with Gasteiger partial charge >= 0.3 is 0 Å². The Balaban J connectivity index is 1.72. The number of nitrogens with zero attached hydrogens (tertiary/aromatic N) is 2. The molecule has 26 heavy (non-hydrogen) atoms. The number of rotatable bonds is 4. The Morgan fingerprint density at radius 2 is 2.00 bits per heavy atom. The van der Waals surface area contributed by atoms with Gasteiger partial charge in [0, 0.05) is 17.4 Å². The van der Waals surface area contributed by atoms with E-state index in [1.165, 1.54) is 11.3 Å². The topological polar surface area (TPSA) is 41.9 Å². The van der Waals surface area contributed by atoms with Gasteiger partial charge in [0.1, 0.15) is 5.75 Å². The zero-order chi connectivity index (χ0) is 17.9. The van der Waals surface area contributed by atoms with Crippen LogP contribution in [0.5, 0.6) is 5.75 Å². The molecular formula is C21H18N2O2S. The first kappa shape index (κ1) is 16.5. The fraction of sp³-hybridized carbons (Fsp3) is 0.143. The summed E-state index contributed by atoms with van der Waals surface area (Å²) in [6.07, 6.45) is 0.674. The molecule has 0 saturated heterocycles. The van der Waals surface area contributed by atoms with E-state index < -0.39 is 0 Å². The first-order chi connectivity index (χ1) is 12.8. The molecule has 130 valence electrons. The minimum absolute atomic E-state index is 0.0713. The zero-order valence-electron chi connectivity index (χ0n) is 14.3. The van der Waals surface area contributed by atoms with Crippen molar-refractivity contribution in [1.82, 2.24) is 5.01 Å². The SMILES string of the molecule is COc1cccc(C2=NN(C(=O)c3ccsc3)C(c3ccccc3)C2)c1. The lowest BCUT2D eigenvalue weighted by Gasteiger charge is -2.21. The van der Waals surface area contributed by atoms with E-state index in [4.69, 9.17) is 9.84 Å². The Hall–Kier alpha value is -2.92. The predicted octanol–water partition coefficient (Wildman–Crippen LogP) is 4.75. The molecule has 1 aromatic heterocycles. The molecule has 4 rings (SSSR count). The molecule has 0 aliphatic carbocycles. The Bertz CT molecular complexity index is 936. The highest BCUT2D eigenvalue weighted by Gasteiger charge is 2.33. The second-order valence-electron chi connectivity index (χ2n) is 6.07. The molecule has 0 fully saturated rings. The smallest absolute Gasteiger partial charge is 0.275 e. The average Bonchev–Trinajstić information content (AvgIpc) is 3.38. The molecule has 2 heterocycles. The van der Waals surface area contributed by atoms with Crippen molar-refractivity contribution in [1.29, 1.82) is 0 Å². The molecule has 0 N–H and O–H groups in total. The summed E-state index contributed by atoms with van der Waals surface area (Å²) in [6, 6.07) is 19.6. The molecule has 0 saturated carbocycles. The summed E-state index contributed by atoms with van der Waals surface area (Å²) in [5, 5.41) is 10.1. The maximum Gasteiger partial charge on any atom is 0.275 e. The van der Waals surface area contributed by atoms with Gasteiger partial charge in [-0.05, 0) is 29.1 Å². The van der Waals surface area contributed by atoms with Gasteiger partial charge < -0.3 is 4.74 Å². The Labute approximate surface area is 156 Å². The Morgan fingerprint density at radius 1 is 1.15 bits per heavy atom. The van der Waals surface area contributed by atoms with Crippen LogP contribution in [0.1, 0.15) is 33.9 Å². The predicted molar refractivity (Wildman–Crippen MR) is 104 cm³/mol. The molecule has 1 aliphatic rings. The number of carbonyl (C=O) groups is 1. The van der Waals surface area contributed by atoms with Crippen LogP contribution in [0.2, 0.25) is 0 Å². The number of methoxy groups -OCH3 is 1. The van der Waals surface area contributed by atoms with Gasteiger partial charge in [-0.2, -0.15) is 16.4 Å². The van der Waals surface area contributed by atoms with Crippen molar-refractivity contribution in [3.63, 3.8) is 0 Å². The van der Waals surface area contributed by atoms with Crippen LogP contribution in [0, 0.1) is 0 Å². The van der Waals surface area contributed by atoms with Crippen molar-refractivity contribution in [2.24, 2.45) is 5.10 Å². The second-order valence-corrected chi connectivity index (χ2v) is 6.85. The fourth-order valence-corrected chi connectivity index (χ4v) is 3.76. The molecule has 1 aliphatic heterocycles. The van der Waals surface area contributed by atoms with E-state index in [0.29, 0.717) is 12.0 Å². The van der Waals surface area contributed by atoms with Crippen LogP contribution in [0.25, 0.3) is 0 Å². The lowest BCUT2D eigenvalue weighted by molar-refractivity contribution is 0.0712. The lowest BCUT2D eigenvalue weighted by Crippen LogP contribution is -2.26. The van der Waals surface area contributed by atoms with Crippen LogP contribution in [-0.4, -0.2) is 23.7 Å². The number of hydrogen-bond acceptors (Lipinski definition) is 4. The van der Waals surface area contributed by atoms with Gasteiger partial charge in [-0.3, -0.25) is 4.79 Å². The summed E-state index contributed by atoms with van der Waals surface area (Å²) < 4.78 is 5.32. The number of carbonyl (C=O) groups excluding carboxylic acids is 1. The molecule has 0 radical (unpaired) electrons. The molecule has 2 aromatic carbocycles. The number of amides is 1. The van der Waals surface area contributed by atoms with Crippen molar-refractivity contribution in [2.75, 3.05) is 7.11 Å². The van der Waals surface area contributed by atoms with Crippen LogP contribution in [0.4, 0.5) is 0 Å². The number of hydrogen-bond donors (Lipinski definition) is 0. The maximum absolute atomic E-state index is 13.0. The number of thiophene rings is 1. The van der Waals surface area contributed by atoms with Crippen molar-refractivity contribution >= 4 is 23.0 Å². The minimum atomic E-state index is -0.107. The van der Waals surface area contributed by atoms with Crippen LogP contribution in [0.15, 0.2) is 76.5 Å². The first-order valence-corrected chi connectivity index (χ1v) is 9.33. The molecule has 0 bridgehead atoms. The van der Waals surface area contributed by atoms with E-state index in [9.17, 15) is 4.79 Å². The quantitative estimate of drug-likeness (QED) is 0.672. The largest absolute Gasteiger partial charge is 0.497 e. The van der Waals surface area contributed by atoms with Crippen molar-refractivity contribution in [3.05, 3.63) is 88.1 Å². The lowest BCUT2D eigenvalue weighted by atomic mass is 9.98. The van der Waals surface area contributed by atoms with Crippen LogP contribution < -0.4 is 4.74 Å². The summed E-state index contributed by atoms with van der Waals surface area (Å²) >= 11 is 1.51. The Morgan fingerprint density at radius 3 is 2.73 bits per heavy atom. The van der Waals surface area contributed by atoms with E-state index in [2.05, 4.69) is 0 Å². The van der Waals surface area contributed by atoms with E-state index in [0.717, 1.165) is 22.6 Å². The number of benzene rings is 2.